The quantitative estimate of drug-likeness (QED) is 0.225. The van der Waals surface area contributed by atoms with Gasteiger partial charge in [0.15, 0.2) is 0 Å². The molecule has 9 heteroatoms. The number of nitrogens with zero attached hydrogens (tertiary/aromatic N) is 1. The predicted molar refractivity (Wildman–Crippen MR) is 117 cm³/mol. The summed E-state index contributed by atoms with van der Waals surface area (Å²) in [5, 5.41) is 0.269. The standard InChI is InChI=1S/C25H25F4NO4/c1-6-12-30-18-11-9-8-10-15(18)19(21(30)25(27,28)29)14(3)34-23(32)20-16(24(20,4)5)13-17(26)22(31)33-7-2/h1,8-11,13-14,16,20H,7,12H2,2-5H3/b17-13+/t14?,16-,20+/m1/s1. The van der Waals surface area contributed by atoms with Crippen LogP contribution in [0.25, 0.3) is 10.9 Å². The molecule has 0 radical (unpaired) electrons. The molecule has 1 aromatic heterocycles. The Morgan fingerprint density at radius 1 is 1.29 bits per heavy atom. The van der Waals surface area contributed by atoms with E-state index in [4.69, 9.17) is 11.2 Å². The Morgan fingerprint density at radius 2 is 1.94 bits per heavy atom. The van der Waals surface area contributed by atoms with Crippen molar-refractivity contribution in [2.75, 3.05) is 6.61 Å². The van der Waals surface area contributed by atoms with Gasteiger partial charge in [0.2, 0.25) is 5.83 Å². The maximum Gasteiger partial charge on any atom is 0.431 e. The fraction of sp³-hybridized carbons (Fsp3) is 0.440. The lowest BCUT2D eigenvalue weighted by molar-refractivity contribution is -0.154. The minimum atomic E-state index is -4.75. The SMILES string of the molecule is C#CCn1c(C(F)(F)F)c(C(C)OC(=O)[C@@H]2[C@@H](/C=C(/F)C(=O)OCC)C2(C)C)c2ccccc21. The zero-order chi connectivity index (χ0) is 25.4. The van der Waals surface area contributed by atoms with E-state index in [9.17, 15) is 27.2 Å². The average molecular weight is 479 g/mol. The molecule has 0 spiro atoms. The molecule has 1 heterocycles. The van der Waals surface area contributed by atoms with E-state index in [-0.39, 0.29) is 29.6 Å². The largest absolute Gasteiger partial charge is 0.461 e. The van der Waals surface area contributed by atoms with Crippen molar-refractivity contribution in [2.24, 2.45) is 17.3 Å². The van der Waals surface area contributed by atoms with E-state index in [2.05, 4.69) is 10.7 Å². The summed E-state index contributed by atoms with van der Waals surface area (Å²) in [6.07, 6.45) is 0.307. The lowest BCUT2D eigenvalue weighted by Gasteiger charge is -2.18. The molecule has 1 fully saturated rings. The number of hydrogen-bond donors (Lipinski definition) is 0. The van der Waals surface area contributed by atoms with Gasteiger partial charge < -0.3 is 14.0 Å². The van der Waals surface area contributed by atoms with Gasteiger partial charge in [0.05, 0.1) is 19.1 Å². The Hall–Kier alpha value is -3.28. The summed E-state index contributed by atoms with van der Waals surface area (Å²) in [6.45, 7) is 5.93. The van der Waals surface area contributed by atoms with Crippen LogP contribution < -0.4 is 0 Å². The van der Waals surface area contributed by atoms with Gasteiger partial charge in [-0.15, -0.1) is 6.42 Å². The van der Waals surface area contributed by atoms with Crippen LogP contribution in [0.4, 0.5) is 17.6 Å². The molecule has 2 aromatic rings. The molecule has 1 saturated carbocycles. The fourth-order valence-corrected chi connectivity index (χ4v) is 4.47. The first-order valence-electron chi connectivity index (χ1n) is 10.7. The van der Waals surface area contributed by atoms with Crippen molar-refractivity contribution in [1.82, 2.24) is 4.57 Å². The van der Waals surface area contributed by atoms with Crippen LogP contribution in [-0.2, 0) is 31.8 Å². The van der Waals surface area contributed by atoms with Gasteiger partial charge in [-0.1, -0.05) is 38.0 Å². The number of benzene rings is 1. The topological polar surface area (TPSA) is 57.5 Å². The van der Waals surface area contributed by atoms with Gasteiger partial charge in [-0.25, -0.2) is 4.79 Å². The summed E-state index contributed by atoms with van der Waals surface area (Å²) >= 11 is 0. The number of carbonyl (C=O) groups excluding carboxylic acids is 2. The highest BCUT2D eigenvalue weighted by molar-refractivity contribution is 5.88. The summed E-state index contributed by atoms with van der Waals surface area (Å²) in [5.41, 5.74) is -1.65. The molecule has 0 bridgehead atoms. The first kappa shape index (κ1) is 25.3. The number of esters is 2. The number of fused-ring (bicyclic) bond motifs is 1. The van der Waals surface area contributed by atoms with Crippen molar-refractivity contribution >= 4 is 22.8 Å². The molecule has 3 atom stereocenters. The molecule has 0 aliphatic heterocycles. The van der Waals surface area contributed by atoms with E-state index < -0.39 is 53.0 Å². The number of hydrogen-bond acceptors (Lipinski definition) is 4. The van der Waals surface area contributed by atoms with E-state index in [1.807, 2.05) is 0 Å². The van der Waals surface area contributed by atoms with Gasteiger partial charge >= 0.3 is 18.1 Å². The fourth-order valence-electron chi connectivity index (χ4n) is 4.47. The first-order valence-corrected chi connectivity index (χ1v) is 10.7. The molecule has 3 rings (SSSR count). The van der Waals surface area contributed by atoms with E-state index in [1.165, 1.54) is 26.0 Å². The molecule has 0 N–H and O–H groups in total. The smallest absolute Gasteiger partial charge is 0.431 e. The Labute approximate surface area is 194 Å². The second kappa shape index (κ2) is 9.16. The Kier molecular flexibility index (Phi) is 6.83. The number of para-hydroxylation sites is 1. The number of allylic oxidation sites excluding steroid dienone is 1. The van der Waals surface area contributed by atoms with Crippen LogP contribution in [0.2, 0.25) is 0 Å². The van der Waals surface area contributed by atoms with E-state index in [0.29, 0.717) is 0 Å². The zero-order valence-electron chi connectivity index (χ0n) is 19.2. The monoisotopic (exact) mass is 479 g/mol. The summed E-state index contributed by atoms with van der Waals surface area (Å²) in [6, 6.07) is 6.21. The molecule has 34 heavy (non-hydrogen) atoms. The lowest BCUT2D eigenvalue weighted by Crippen LogP contribution is -2.19. The second-order valence-electron chi connectivity index (χ2n) is 8.71. The van der Waals surface area contributed by atoms with Gasteiger partial charge in [-0.3, -0.25) is 4.79 Å². The highest BCUT2D eigenvalue weighted by atomic mass is 19.4. The summed E-state index contributed by atoms with van der Waals surface area (Å²) in [7, 11) is 0. The third-order valence-corrected chi connectivity index (χ3v) is 6.19. The second-order valence-corrected chi connectivity index (χ2v) is 8.71. The minimum absolute atomic E-state index is 0.00798. The van der Waals surface area contributed by atoms with Crippen molar-refractivity contribution in [3.8, 4) is 12.3 Å². The number of halogens is 4. The molecular weight excluding hydrogens is 454 g/mol. The summed E-state index contributed by atoms with van der Waals surface area (Å²) < 4.78 is 67.4. The predicted octanol–water partition coefficient (Wildman–Crippen LogP) is 5.59. The van der Waals surface area contributed by atoms with Gasteiger partial charge in [0, 0.05) is 16.5 Å². The molecule has 182 valence electrons. The van der Waals surface area contributed by atoms with Crippen molar-refractivity contribution in [2.45, 2.75) is 46.5 Å². The van der Waals surface area contributed by atoms with Crippen LogP contribution in [0.3, 0.4) is 0 Å². The Balaban J connectivity index is 1.93. The Morgan fingerprint density at radius 3 is 2.53 bits per heavy atom. The highest BCUT2D eigenvalue weighted by Crippen LogP contribution is 2.60. The normalized spacial score (nSPS) is 20.5. The summed E-state index contributed by atoms with van der Waals surface area (Å²) in [4.78, 5) is 24.5. The van der Waals surface area contributed by atoms with Crippen LogP contribution in [-0.4, -0.2) is 23.1 Å². The van der Waals surface area contributed by atoms with Gasteiger partial charge in [0.25, 0.3) is 0 Å². The van der Waals surface area contributed by atoms with Gasteiger partial charge in [0.1, 0.15) is 11.8 Å². The number of ether oxygens (including phenoxy) is 2. The number of carbonyl (C=O) groups is 2. The van der Waals surface area contributed by atoms with Crippen LogP contribution in [0.15, 0.2) is 36.2 Å². The molecule has 1 aromatic carbocycles. The van der Waals surface area contributed by atoms with Crippen LogP contribution in [0.5, 0.6) is 0 Å². The maximum atomic E-state index is 14.1. The van der Waals surface area contributed by atoms with E-state index in [0.717, 1.165) is 10.6 Å². The summed E-state index contributed by atoms with van der Waals surface area (Å²) in [5.74, 6) is -2.30. The molecular formula is C25H25F4NO4. The lowest BCUT2D eigenvalue weighted by atomic mass is 10.1. The minimum Gasteiger partial charge on any atom is -0.461 e. The van der Waals surface area contributed by atoms with Crippen molar-refractivity contribution in [1.29, 1.82) is 0 Å². The maximum absolute atomic E-state index is 14.1. The van der Waals surface area contributed by atoms with Crippen LogP contribution in [0.1, 0.15) is 45.1 Å². The van der Waals surface area contributed by atoms with Crippen molar-refractivity contribution < 1.29 is 36.6 Å². The molecule has 1 unspecified atom stereocenters. The van der Waals surface area contributed by atoms with Crippen LogP contribution in [0, 0.1) is 29.6 Å². The Bertz CT molecular complexity index is 1190. The number of aromatic nitrogens is 1. The molecule has 1 aliphatic carbocycles. The van der Waals surface area contributed by atoms with Gasteiger partial charge in [-0.05, 0) is 37.3 Å². The first-order chi connectivity index (χ1) is 15.9. The van der Waals surface area contributed by atoms with Gasteiger partial charge in [-0.2, -0.15) is 17.6 Å². The molecule has 0 amide bonds. The number of alkyl halides is 3. The number of terminal acetylenes is 1. The highest BCUT2D eigenvalue weighted by Gasteiger charge is 2.62. The average Bonchev–Trinajstić information content (AvgIpc) is 3.11. The van der Waals surface area contributed by atoms with Crippen molar-refractivity contribution in [3.05, 3.63) is 47.4 Å². The molecule has 1 aliphatic rings. The van der Waals surface area contributed by atoms with Crippen LogP contribution >= 0.6 is 0 Å². The zero-order valence-corrected chi connectivity index (χ0v) is 19.2. The van der Waals surface area contributed by atoms with E-state index in [1.54, 1.807) is 26.0 Å². The molecule has 5 nitrogen and oxygen atoms in total. The number of rotatable bonds is 7. The molecule has 0 saturated heterocycles. The van der Waals surface area contributed by atoms with E-state index >= 15 is 0 Å². The third-order valence-electron chi connectivity index (χ3n) is 6.19. The van der Waals surface area contributed by atoms with Crippen molar-refractivity contribution in [3.63, 3.8) is 0 Å². The third kappa shape index (κ3) is 4.54.